The standard InChI is InChI=1S/C17H12Cl2N2O3/c1-24-15(22)9-21-14-7-6-10(18)8-12(14)17(23)20-16(21)11-4-2-3-5-13(11)19/h2-8H,9H2,1H3. The molecule has 2 aromatic carbocycles. The molecule has 0 amide bonds. The molecule has 0 fully saturated rings. The molecule has 0 atom stereocenters. The Bertz CT molecular complexity index is 999. The molecule has 0 aliphatic heterocycles. The number of methoxy groups -OCH3 is 1. The molecule has 3 aromatic rings. The van der Waals surface area contributed by atoms with Crippen molar-refractivity contribution in [3.63, 3.8) is 0 Å². The summed E-state index contributed by atoms with van der Waals surface area (Å²) in [5.41, 5.74) is 0.639. The van der Waals surface area contributed by atoms with Crippen molar-refractivity contribution in [1.82, 2.24) is 9.55 Å². The van der Waals surface area contributed by atoms with Gasteiger partial charge >= 0.3 is 5.97 Å². The molecular weight excluding hydrogens is 351 g/mol. The van der Waals surface area contributed by atoms with Crippen molar-refractivity contribution < 1.29 is 9.53 Å². The normalized spacial score (nSPS) is 10.8. The van der Waals surface area contributed by atoms with E-state index in [-0.39, 0.29) is 6.54 Å². The first kappa shape index (κ1) is 16.5. The quantitative estimate of drug-likeness (QED) is 0.668. The lowest BCUT2D eigenvalue weighted by Gasteiger charge is -2.15. The van der Waals surface area contributed by atoms with E-state index in [2.05, 4.69) is 4.98 Å². The molecule has 0 saturated carbocycles. The molecule has 1 aromatic heterocycles. The van der Waals surface area contributed by atoms with Gasteiger partial charge in [-0.25, -0.2) is 0 Å². The second-order valence-corrected chi connectivity index (χ2v) is 5.89. The third-order valence-electron chi connectivity index (χ3n) is 3.57. The molecule has 0 spiro atoms. The van der Waals surface area contributed by atoms with Crippen molar-refractivity contribution in [2.24, 2.45) is 0 Å². The Morgan fingerprint density at radius 2 is 1.96 bits per heavy atom. The van der Waals surface area contributed by atoms with Crippen molar-refractivity contribution in [1.29, 1.82) is 0 Å². The molecular formula is C17H12Cl2N2O3. The largest absolute Gasteiger partial charge is 0.468 e. The number of nitrogens with zero attached hydrogens (tertiary/aromatic N) is 2. The van der Waals surface area contributed by atoms with Crippen molar-refractivity contribution in [2.45, 2.75) is 6.54 Å². The van der Waals surface area contributed by atoms with Gasteiger partial charge in [-0.15, -0.1) is 0 Å². The minimum absolute atomic E-state index is 0.109. The summed E-state index contributed by atoms with van der Waals surface area (Å²) in [7, 11) is 1.30. The zero-order valence-electron chi connectivity index (χ0n) is 12.6. The molecule has 0 radical (unpaired) electrons. The maximum absolute atomic E-state index is 12.4. The molecule has 7 heteroatoms. The maximum atomic E-state index is 12.4. The first-order chi connectivity index (χ1) is 11.5. The number of fused-ring (bicyclic) bond motifs is 1. The SMILES string of the molecule is COC(=O)Cn1c(-c2ccccc2Cl)nc(=O)c2cc(Cl)ccc21. The van der Waals surface area contributed by atoms with Gasteiger partial charge in [0, 0.05) is 10.6 Å². The van der Waals surface area contributed by atoms with E-state index in [1.807, 2.05) is 0 Å². The minimum Gasteiger partial charge on any atom is -0.468 e. The molecule has 5 nitrogen and oxygen atoms in total. The smallest absolute Gasteiger partial charge is 0.325 e. The predicted octanol–water partition coefficient (Wildman–Crippen LogP) is 3.54. The third kappa shape index (κ3) is 3.00. The number of rotatable bonds is 3. The van der Waals surface area contributed by atoms with E-state index in [1.165, 1.54) is 13.2 Å². The highest BCUT2D eigenvalue weighted by molar-refractivity contribution is 6.33. The highest BCUT2D eigenvalue weighted by Gasteiger charge is 2.17. The topological polar surface area (TPSA) is 61.2 Å². The zero-order chi connectivity index (χ0) is 17.3. The van der Waals surface area contributed by atoms with Crippen LogP contribution in [0.2, 0.25) is 10.0 Å². The Kier molecular flexibility index (Phi) is 4.55. The highest BCUT2D eigenvalue weighted by Crippen LogP contribution is 2.28. The molecule has 24 heavy (non-hydrogen) atoms. The van der Waals surface area contributed by atoms with Crippen molar-refractivity contribution >= 4 is 40.1 Å². The monoisotopic (exact) mass is 362 g/mol. The first-order valence-corrected chi connectivity index (χ1v) is 7.78. The van der Waals surface area contributed by atoms with Gasteiger partial charge in [0.25, 0.3) is 5.56 Å². The number of aromatic nitrogens is 2. The van der Waals surface area contributed by atoms with Gasteiger partial charge in [-0.1, -0.05) is 35.3 Å². The predicted molar refractivity (Wildman–Crippen MR) is 93.5 cm³/mol. The lowest BCUT2D eigenvalue weighted by molar-refractivity contribution is -0.141. The van der Waals surface area contributed by atoms with E-state index in [9.17, 15) is 9.59 Å². The summed E-state index contributed by atoms with van der Waals surface area (Å²) < 4.78 is 6.35. The summed E-state index contributed by atoms with van der Waals surface area (Å²) in [6.07, 6.45) is 0. The number of hydrogen-bond acceptors (Lipinski definition) is 4. The molecule has 0 bridgehead atoms. The van der Waals surface area contributed by atoms with E-state index in [0.29, 0.717) is 32.3 Å². The van der Waals surface area contributed by atoms with E-state index < -0.39 is 11.5 Å². The maximum Gasteiger partial charge on any atom is 0.325 e. The van der Waals surface area contributed by atoms with Crippen LogP contribution >= 0.6 is 23.2 Å². The van der Waals surface area contributed by atoms with Gasteiger partial charge in [0.15, 0.2) is 0 Å². The Labute approximate surface area is 147 Å². The van der Waals surface area contributed by atoms with Gasteiger partial charge in [0.05, 0.1) is 23.0 Å². The number of carbonyl (C=O) groups is 1. The lowest BCUT2D eigenvalue weighted by Crippen LogP contribution is -2.21. The van der Waals surface area contributed by atoms with Crippen LogP contribution in [0.25, 0.3) is 22.3 Å². The van der Waals surface area contributed by atoms with E-state index >= 15 is 0 Å². The Hall–Kier alpha value is -2.37. The average Bonchev–Trinajstić information content (AvgIpc) is 2.57. The molecule has 122 valence electrons. The molecule has 0 aliphatic rings. The third-order valence-corrected chi connectivity index (χ3v) is 4.14. The summed E-state index contributed by atoms with van der Waals surface area (Å²) in [6.45, 7) is -0.109. The first-order valence-electron chi connectivity index (χ1n) is 7.03. The van der Waals surface area contributed by atoms with Gasteiger partial charge in [-0.3, -0.25) is 9.59 Å². The van der Waals surface area contributed by atoms with Crippen LogP contribution in [0.3, 0.4) is 0 Å². The fourth-order valence-corrected chi connectivity index (χ4v) is 2.84. The van der Waals surface area contributed by atoms with Gasteiger partial charge < -0.3 is 9.30 Å². The van der Waals surface area contributed by atoms with Crippen LogP contribution in [0, 0.1) is 0 Å². The van der Waals surface area contributed by atoms with Crippen molar-refractivity contribution in [3.8, 4) is 11.4 Å². The van der Waals surface area contributed by atoms with Crippen LogP contribution in [-0.2, 0) is 16.1 Å². The summed E-state index contributed by atoms with van der Waals surface area (Å²) in [4.78, 5) is 28.4. The van der Waals surface area contributed by atoms with E-state index in [4.69, 9.17) is 27.9 Å². The number of ether oxygens (including phenoxy) is 1. The second kappa shape index (κ2) is 6.63. The number of carbonyl (C=O) groups excluding carboxylic acids is 1. The van der Waals surface area contributed by atoms with Crippen LogP contribution in [-0.4, -0.2) is 22.6 Å². The second-order valence-electron chi connectivity index (χ2n) is 5.04. The zero-order valence-corrected chi connectivity index (χ0v) is 14.1. The molecule has 0 N–H and O–H groups in total. The van der Waals surface area contributed by atoms with Crippen LogP contribution in [0.15, 0.2) is 47.3 Å². The number of hydrogen-bond donors (Lipinski definition) is 0. The van der Waals surface area contributed by atoms with Crippen LogP contribution in [0.5, 0.6) is 0 Å². The summed E-state index contributed by atoms with van der Waals surface area (Å²) in [6, 6.07) is 11.8. The number of benzene rings is 2. The minimum atomic E-state index is -0.468. The summed E-state index contributed by atoms with van der Waals surface area (Å²) >= 11 is 12.2. The molecule has 0 saturated heterocycles. The molecule has 0 aliphatic carbocycles. The van der Waals surface area contributed by atoms with Crippen LogP contribution in [0.1, 0.15) is 0 Å². The van der Waals surface area contributed by atoms with E-state index in [0.717, 1.165) is 0 Å². The number of esters is 1. The molecule has 3 rings (SSSR count). The van der Waals surface area contributed by atoms with Gasteiger partial charge in [0.2, 0.25) is 0 Å². The molecule has 0 unspecified atom stereocenters. The van der Waals surface area contributed by atoms with Crippen LogP contribution in [0.4, 0.5) is 0 Å². The van der Waals surface area contributed by atoms with Gasteiger partial charge in [-0.05, 0) is 30.3 Å². The van der Waals surface area contributed by atoms with Gasteiger partial charge in [-0.2, -0.15) is 4.98 Å². The lowest BCUT2D eigenvalue weighted by atomic mass is 10.1. The van der Waals surface area contributed by atoms with E-state index in [1.54, 1.807) is 41.0 Å². The van der Waals surface area contributed by atoms with Gasteiger partial charge in [0.1, 0.15) is 12.4 Å². The summed E-state index contributed by atoms with van der Waals surface area (Å²) in [5.74, 6) is -0.171. The fourth-order valence-electron chi connectivity index (χ4n) is 2.45. The van der Waals surface area contributed by atoms with Crippen LogP contribution < -0.4 is 5.56 Å². The van der Waals surface area contributed by atoms with Crippen molar-refractivity contribution in [3.05, 3.63) is 62.9 Å². The Morgan fingerprint density at radius 1 is 1.21 bits per heavy atom. The number of halogens is 2. The Balaban J connectivity index is 2.38. The average molecular weight is 363 g/mol. The Morgan fingerprint density at radius 3 is 2.67 bits per heavy atom. The van der Waals surface area contributed by atoms with Crippen molar-refractivity contribution in [2.75, 3.05) is 7.11 Å². The molecule has 1 heterocycles. The highest BCUT2D eigenvalue weighted by atomic mass is 35.5. The fraction of sp³-hybridized carbons (Fsp3) is 0.118. The summed E-state index contributed by atoms with van der Waals surface area (Å²) in [5, 5.41) is 1.16.